The van der Waals surface area contributed by atoms with E-state index < -0.39 is 33.7 Å². The van der Waals surface area contributed by atoms with Crippen molar-refractivity contribution in [3.8, 4) is 0 Å². The Labute approximate surface area is 193 Å². The van der Waals surface area contributed by atoms with E-state index >= 15 is 0 Å². The molecular formula is C22H32N2O6S2. The molecule has 3 atom stereocenters. The van der Waals surface area contributed by atoms with Gasteiger partial charge in [0, 0.05) is 6.26 Å². The second-order valence-corrected chi connectivity index (χ2v) is 12.6. The van der Waals surface area contributed by atoms with Crippen LogP contribution in [0.3, 0.4) is 0 Å². The third-order valence-corrected chi connectivity index (χ3v) is 9.23. The third kappa shape index (κ3) is 5.96. The second-order valence-electron chi connectivity index (χ2n) is 9.23. The molecule has 0 aromatic carbocycles. The van der Waals surface area contributed by atoms with E-state index in [2.05, 4.69) is 17.6 Å². The molecule has 8 nitrogen and oxygen atoms in total. The summed E-state index contributed by atoms with van der Waals surface area (Å²) in [5.41, 5.74) is -0.0817. The Balaban J connectivity index is 1.77. The molecule has 2 amide bonds. The lowest BCUT2D eigenvalue weighted by molar-refractivity contribution is -0.128. The zero-order chi connectivity index (χ0) is 23.5. The number of thiophene rings is 1. The summed E-state index contributed by atoms with van der Waals surface area (Å²) in [6.45, 7) is 4.08. The Bertz CT molecular complexity index is 965. The van der Waals surface area contributed by atoms with Crippen molar-refractivity contribution in [3.05, 3.63) is 17.0 Å². The minimum Gasteiger partial charge on any atom is -0.368 e. The van der Waals surface area contributed by atoms with Gasteiger partial charge >= 0.3 is 0 Å². The van der Waals surface area contributed by atoms with Crippen molar-refractivity contribution in [3.63, 3.8) is 0 Å². The fraction of sp³-hybridized carbons (Fsp3) is 0.682. The summed E-state index contributed by atoms with van der Waals surface area (Å²) in [6, 6.07) is 1.31. The summed E-state index contributed by atoms with van der Waals surface area (Å²) >= 11 is 0.878. The van der Waals surface area contributed by atoms with Crippen LogP contribution in [0, 0.1) is 5.41 Å². The Morgan fingerprint density at radius 1 is 1.28 bits per heavy atom. The van der Waals surface area contributed by atoms with Crippen LogP contribution < -0.4 is 10.6 Å². The van der Waals surface area contributed by atoms with Crippen molar-refractivity contribution in [1.82, 2.24) is 10.6 Å². The van der Waals surface area contributed by atoms with Crippen LogP contribution in [0.4, 0.5) is 0 Å². The van der Waals surface area contributed by atoms with Crippen molar-refractivity contribution >= 4 is 38.8 Å². The van der Waals surface area contributed by atoms with Gasteiger partial charge in [-0.3, -0.25) is 14.4 Å². The van der Waals surface area contributed by atoms with Gasteiger partial charge in [-0.15, -0.1) is 11.3 Å². The molecule has 3 rings (SSSR count). The van der Waals surface area contributed by atoms with Crippen LogP contribution in [0.2, 0.25) is 0 Å². The zero-order valence-electron chi connectivity index (χ0n) is 18.8. The SMILES string of the molecule is CCCC1OCC(=O)[C@H]1NC(=O)[C@H](CC1(C)CCCC1)NC(=O)c1ccc(S(C)(=O)=O)s1. The lowest BCUT2D eigenvalue weighted by atomic mass is 9.81. The van der Waals surface area contributed by atoms with E-state index in [1.807, 2.05) is 6.92 Å². The average molecular weight is 485 g/mol. The van der Waals surface area contributed by atoms with Crippen molar-refractivity contribution in [2.45, 2.75) is 81.2 Å². The number of hydrogen-bond donors (Lipinski definition) is 2. The van der Waals surface area contributed by atoms with Gasteiger partial charge in [0.05, 0.1) is 11.0 Å². The predicted octanol–water partition coefficient (Wildman–Crippen LogP) is 2.47. The summed E-state index contributed by atoms with van der Waals surface area (Å²) < 4.78 is 29.1. The number of carbonyl (C=O) groups is 3. The van der Waals surface area contributed by atoms with E-state index in [0.717, 1.165) is 49.7 Å². The third-order valence-electron chi connectivity index (χ3n) is 6.33. The number of nitrogens with one attached hydrogen (secondary N) is 2. The lowest BCUT2D eigenvalue weighted by Gasteiger charge is -2.30. The first kappa shape index (κ1) is 24.9. The Morgan fingerprint density at radius 2 is 1.97 bits per heavy atom. The predicted molar refractivity (Wildman–Crippen MR) is 121 cm³/mol. The molecule has 2 fully saturated rings. The van der Waals surface area contributed by atoms with E-state index in [9.17, 15) is 22.8 Å². The van der Waals surface area contributed by atoms with Crippen molar-refractivity contribution in [2.24, 2.45) is 5.41 Å². The van der Waals surface area contributed by atoms with Crippen molar-refractivity contribution in [2.75, 3.05) is 12.9 Å². The molecule has 1 aliphatic carbocycles. The summed E-state index contributed by atoms with van der Waals surface area (Å²) in [7, 11) is -3.41. The summed E-state index contributed by atoms with van der Waals surface area (Å²) in [5.74, 6) is -1.06. The number of ether oxygens (including phenoxy) is 1. The molecule has 1 unspecified atom stereocenters. The maximum absolute atomic E-state index is 13.2. The monoisotopic (exact) mass is 484 g/mol. The fourth-order valence-corrected chi connectivity index (χ4v) is 6.38. The second kappa shape index (κ2) is 10.0. The van der Waals surface area contributed by atoms with Gasteiger partial charge in [-0.1, -0.05) is 33.1 Å². The number of sulfone groups is 1. The largest absolute Gasteiger partial charge is 0.368 e. The summed E-state index contributed by atoms with van der Waals surface area (Å²) in [5, 5.41) is 5.62. The first-order valence-electron chi connectivity index (χ1n) is 11.1. The van der Waals surface area contributed by atoms with Gasteiger partial charge in [0.1, 0.15) is 22.9 Å². The van der Waals surface area contributed by atoms with Gasteiger partial charge in [-0.25, -0.2) is 8.42 Å². The smallest absolute Gasteiger partial charge is 0.262 e. The summed E-state index contributed by atoms with van der Waals surface area (Å²) in [6.07, 6.45) is 6.76. The number of Topliss-reactive ketones (excluding diaryl/α,β-unsaturated/α-hetero) is 1. The summed E-state index contributed by atoms with van der Waals surface area (Å²) in [4.78, 5) is 38.6. The number of ketones is 1. The topological polar surface area (TPSA) is 119 Å². The Kier molecular flexibility index (Phi) is 7.77. The molecule has 178 valence electrons. The minimum atomic E-state index is -3.41. The zero-order valence-corrected chi connectivity index (χ0v) is 20.4. The first-order valence-corrected chi connectivity index (χ1v) is 13.8. The van der Waals surface area contributed by atoms with Gasteiger partial charge < -0.3 is 15.4 Å². The minimum absolute atomic E-state index is 0.0200. The molecule has 0 spiro atoms. The molecular weight excluding hydrogens is 452 g/mol. The molecule has 1 aromatic heterocycles. The maximum atomic E-state index is 13.2. The highest BCUT2D eigenvalue weighted by atomic mass is 32.2. The van der Waals surface area contributed by atoms with Crippen molar-refractivity contribution < 1.29 is 27.5 Å². The van der Waals surface area contributed by atoms with Crippen LogP contribution in [-0.4, -0.2) is 57.1 Å². The van der Waals surface area contributed by atoms with Gasteiger partial charge in [-0.05, 0) is 43.2 Å². The van der Waals surface area contributed by atoms with E-state index in [1.54, 1.807) is 0 Å². The van der Waals surface area contributed by atoms with E-state index in [0.29, 0.717) is 12.8 Å². The number of amides is 2. The van der Waals surface area contributed by atoms with Crippen LogP contribution in [0.5, 0.6) is 0 Å². The molecule has 0 bridgehead atoms. The molecule has 2 heterocycles. The van der Waals surface area contributed by atoms with Gasteiger partial charge in [0.15, 0.2) is 15.6 Å². The highest BCUT2D eigenvalue weighted by molar-refractivity contribution is 7.92. The molecule has 10 heteroatoms. The quantitative estimate of drug-likeness (QED) is 0.556. The Hall–Kier alpha value is -1.78. The molecule has 1 aliphatic heterocycles. The molecule has 32 heavy (non-hydrogen) atoms. The normalized spacial score (nSPS) is 23.8. The van der Waals surface area contributed by atoms with Crippen molar-refractivity contribution in [1.29, 1.82) is 0 Å². The molecule has 1 aromatic rings. The number of carbonyl (C=O) groups excluding carboxylic acids is 3. The van der Waals surface area contributed by atoms with E-state index in [1.165, 1.54) is 12.1 Å². The maximum Gasteiger partial charge on any atom is 0.262 e. The highest BCUT2D eigenvalue weighted by Crippen LogP contribution is 2.41. The van der Waals surface area contributed by atoms with Crippen LogP contribution >= 0.6 is 11.3 Å². The van der Waals surface area contributed by atoms with Crippen LogP contribution in [-0.2, 0) is 24.2 Å². The molecule has 1 saturated carbocycles. The first-order chi connectivity index (χ1) is 15.0. The molecule has 0 radical (unpaired) electrons. The fourth-order valence-electron chi connectivity index (χ4n) is 4.55. The van der Waals surface area contributed by atoms with Gasteiger partial charge in [0.2, 0.25) is 5.91 Å². The van der Waals surface area contributed by atoms with Crippen LogP contribution in [0.25, 0.3) is 0 Å². The number of rotatable bonds is 9. The van der Waals surface area contributed by atoms with Gasteiger partial charge in [0.25, 0.3) is 5.91 Å². The molecule has 2 aliphatic rings. The lowest BCUT2D eigenvalue weighted by Crippen LogP contribution is -2.54. The standard InChI is InChI=1S/C22H32N2O6S2/c1-4-7-16-19(15(25)13-30-16)24-20(26)14(12-22(2)10-5-6-11-22)23-21(27)17-8-9-18(31-17)32(3,28)29/h8-9,14,16,19H,4-7,10-13H2,1-3H3,(H,23,27)(H,24,26)/t14-,16?,19+/m0/s1. The molecule has 1 saturated heterocycles. The van der Waals surface area contributed by atoms with E-state index in [4.69, 9.17) is 4.74 Å². The highest BCUT2D eigenvalue weighted by Gasteiger charge is 2.40. The van der Waals surface area contributed by atoms with Crippen LogP contribution in [0.1, 0.15) is 68.5 Å². The van der Waals surface area contributed by atoms with Gasteiger partial charge in [-0.2, -0.15) is 0 Å². The van der Waals surface area contributed by atoms with Crippen LogP contribution in [0.15, 0.2) is 16.3 Å². The number of hydrogen-bond acceptors (Lipinski definition) is 7. The Morgan fingerprint density at radius 3 is 2.56 bits per heavy atom. The van der Waals surface area contributed by atoms with E-state index in [-0.39, 0.29) is 33.0 Å². The molecule has 2 N–H and O–H groups in total. The average Bonchev–Trinajstić information content (AvgIpc) is 3.44.